The molecule has 1 unspecified atom stereocenters. The Morgan fingerprint density at radius 2 is 2.00 bits per heavy atom. The van der Waals surface area contributed by atoms with Crippen LogP contribution in [0.15, 0.2) is 42.5 Å². The van der Waals surface area contributed by atoms with Crippen LogP contribution in [0.3, 0.4) is 0 Å². The quantitative estimate of drug-likeness (QED) is 0.870. The van der Waals surface area contributed by atoms with Gasteiger partial charge in [0.1, 0.15) is 11.6 Å². The van der Waals surface area contributed by atoms with Gasteiger partial charge in [0.05, 0.1) is 30.5 Å². The number of halogens is 1. The molecule has 0 heterocycles. The Balaban J connectivity index is 2.21. The Morgan fingerprint density at radius 1 is 1.29 bits per heavy atom. The summed E-state index contributed by atoms with van der Waals surface area (Å²) in [5.41, 5.74) is 1.01. The Kier molecular flexibility index (Phi) is 5.54. The fraction of sp³-hybridized carbons (Fsp3) is 0.235. The Morgan fingerprint density at radius 3 is 2.67 bits per heavy atom. The average Bonchev–Trinajstić information content (AvgIpc) is 2.53. The highest BCUT2D eigenvalue weighted by molar-refractivity contribution is 7.88. The monoisotopic (exact) mass is 348 g/mol. The third-order valence-corrected chi connectivity index (χ3v) is 4.86. The number of rotatable bonds is 6. The van der Waals surface area contributed by atoms with Gasteiger partial charge in [-0.15, -0.1) is 0 Å². The third kappa shape index (κ3) is 4.31. The summed E-state index contributed by atoms with van der Waals surface area (Å²) < 4.78 is 46.3. The Hall–Kier alpha value is -2.43. The van der Waals surface area contributed by atoms with E-state index in [1.165, 1.54) is 25.3 Å². The largest absolute Gasteiger partial charge is 0.496 e. The lowest BCUT2D eigenvalue weighted by Crippen LogP contribution is -2.29. The average molecular weight is 348 g/mol. The van der Waals surface area contributed by atoms with E-state index >= 15 is 0 Å². The molecule has 126 valence electrons. The first-order valence-corrected chi connectivity index (χ1v) is 8.83. The van der Waals surface area contributed by atoms with E-state index in [4.69, 9.17) is 10.00 Å². The molecule has 0 amide bonds. The molecule has 0 aromatic heterocycles. The normalized spacial score (nSPS) is 12.4. The molecule has 1 N–H and O–H groups in total. The highest BCUT2D eigenvalue weighted by Crippen LogP contribution is 2.28. The molecular weight excluding hydrogens is 331 g/mol. The molecule has 2 aromatic carbocycles. The summed E-state index contributed by atoms with van der Waals surface area (Å²) in [4.78, 5) is 0. The predicted octanol–water partition coefficient (Wildman–Crippen LogP) is 2.89. The number of nitriles is 1. The van der Waals surface area contributed by atoms with Crippen molar-refractivity contribution in [3.05, 3.63) is 65.0 Å². The highest BCUT2D eigenvalue weighted by atomic mass is 32.2. The number of nitrogens with zero attached hydrogens (tertiary/aromatic N) is 1. The summed E-state index contributed by atoms with van der Waals surface area (Å²) in [7, 11) is -2.33. The van der Waals surface area contributed by atoms with Crippen molar-refractivity contribution in [3.63, 3.8) is 0 Å². The van der Waals surface area contributed by atoms with E-state index < -0.39 is 21.9 Å². The summed E-state index contributed by atoms with van der Waals surface area (Å²) in [6.45, 7) is 1.55. The van der Waals surface area contributed by atoms with Crippen LogP contribution in [0.2, 0.25) is 0 Å². The maximum Gasteiger partial charge on any atom is 0.216 e. The minimum atomic E-state index is -3.73. The van der Waals surface area contributed by atoms with Crippen LogP contribution >= 0.6 is 0 Å². The van der Waals surface area contributed by atoms with Crippen molar-refractivity contribution < 1.29 is 17.5 Å². The molecule has 24 heavy (non-hydrogen) atoms. The molecule has 1 atom stereocenters. The van der Waals surface area contributed by atoms with Crippen molar-refractivity contribution in [1.29, 1.82) is 5.26 Å². The Bertz CT molecular complexity index is 876. The number of benzene rings is 2. The van der Waals surface area contributed by atoms with Crippen LogP contribution in [0.1, 0.15) is 29.7 Å². The topological polar surface area (TPSA) is 79.2 Å². The van der Waals surface area contributed by atoms with Crippen molar-refractivity contribution in [2.24, 2.45) is 0 Å². The molecule has 0 bridgehead atoms. The molecule has 2 aromatic rings. The van der Waals surface area contributed by atoms with Crippen molar-refractivity contribution in [2.75, 3.05) is 7.11 Å². The summed E-state index contributed by atoms with van der Waals surface area (Å²) in [5, 5.41) is 8.87. The molecule has 0 saturated carbocycles. The number of ether oxygens (including phenoxy) is 1. The van der Waals surface area contributed by atoms with Crippen LogP contribution in [-0.2, 0) is 15.8 Å². The predicted molar refractivity (Wildman–Crippen MR) is 88.3 cm³/mol. The maximum atomic E-state index is 14.0. The molecule has 0 aliphatic rings. The molecule has 0 aliphatic carbocycles. The van der Waals surface area contributed by atoms with E-state index in [-0.39, 0.29) is 17.1 Å². The van der Waals surface area contributed by atoms with Crippen LogP contribution in [0.4, 0.5) is 4.39 Å². The molecule has 5 nitrogen and oxygen atoms in total. The second kappa shape index (κ2) is 7.43. The molecule has 0 spiro atoms. The van der Waals surface area contributed by atoms with Crippen molar-refractivity contribution in [2.45, 2.75) is 18.7 Å². The fourth-order valence-corrected chi connectivity index (χ4v) is 3.79. The van der Waals surface area contributed by atoms with Gasteiger partial charge in [0, 0.05) is 5.56 Å². The summed E-state index contributed by atoms with van der Waals surface area (Å²) in [6.07, 6.45) is 0. The molecule has 0 radical (unpaired) electrons. The standard InChI is InChI=1S/C17H17FN2O3S/c1-12(17-15(18)7-4-8-16(17)23-2)20-24(21,22)11-14-6-3-5-13(9-14)10-19/h3-9,12,20H,11H2,1-2H3. The molecular formula is C17H17FN2O3S. The number of sulfonamides is 1. The number of hydrogen-bond acceptors (Lipinski definition) is 4. The minimum Gasteiger partial charge on any atom is -0.496 e. The molecule has 0 saturated heterocycles. The smallest absolute Gasteiger partial charge is 0.216 e. The number of nitrogens with one attached hydrogen (secondary N) is 1. The zero-order chi connectivity index (χ0) is 17.7. The highest BCUT2D eigenvalue weighted by Gasteiger charge is 2.22. The van der Waals surface area contributed by atoms with Crippen molar-refractivity contribution in [3.8, 4) is 11.8 Å². The lowest BCUT2D eigenvalue weighted by atomic mass is 10.1. The van der Waals surface area contributed by atoms with Crippen LogP contribution in [0.25, 0.3) is 0 Å². The Labute approximate surface area is 140 Å². The second-order valence-corrected chi connectivity index (χ2v) is 7.02. The van der Waals surface area contributed by atoms with Gasteiger partial charge in [0.2, 0.25) is 10.0 Å². The van der Waals surface area contributed by atoms with Gasteiger partial charge in [-0.05, 0) is 36.8 Å². The third-order valence-electron chi connectivity index (χ3n) is 3.43. The molecule has 0 fully saturated rings. The fourth-order valence-electron chi connectivity index (χ4n) is 2.44. The van der Waals surface area contributed by atoms with E-state index in [0.717, 1.165) is 0 Å². The second-order valence-electron chi connectivity index (χ2n) is 5.27. The first kappa shape index (κ1) is 17.9. The van der Waals surface area contributed by atoms with Gasteiger partial charge in [-0.3, -0.25) is 0 Å². The van der Waals surface area contributed by atoms with Gasteiger partial charge >= 0.3 is 0 Å². The van der Waals surface area contributed by atoms with Gasteiger partial charge < -0.3 is 4.74 Å². The lowest BCUT2D eigenvalue weighted by molar-refractivity contribution is 0.398. The van der Waals surface area contributed by atoms with Crippen molar-refractivity contribution >= 4 is 10.0 Å². The van der Waals surface area contributed by atoms with Crippen LogP contribution in [0.5, 0.6) is 5.75 Å². The number of methoxy groups -OCH3 is 1. The van der Waals surface area contributed by atoms with Crippen LogP contribution in [-0.4, -0.2) is 15.5 Å². The van der Waals surface area contributed by atoms with E-state index in [1.54, 1.807) is 31.2 Å². The van der Waals surface area contributed by atoms with Crippen LogP contribution < -0.4 is 9.46 Å². The van der Waals surface area contributed by atoms with Gasteiger partial charge in [-0.1, -0.05) is 18.2 Å². The SMILES string of the molecule is COc1cccc(F)c1C(C)NS(=O)(=O)Cc1cccc(C#N)c1. The van der Waals surface area contributed by atoms with Gasteiger partial charge in [0.25, 0.3) is 0 Å². The summed E-state index contributed by atoms with van der Waals surface area (Å²) >= 11 is 0. The van der Waals surface area contributed by atoms with Crippen molar-refractivity contribution in [1.82, 2.24) is 4.72 Å². The first-order valence-electron chi connectivity index (χ1n) is 7.17. The molecule has 7 heteroatoms. The minimum absolute atomic E-state index is 0.148. The van der Waals surface area contributed by atoms with Gasteiger partial charge in [0.15, 0.2) is 0 Å². The van der Waals surface area contributed by atoms with E-state index in [9.17, 15) is 12.8 Å². The number of hydrogen-bond donors (Lipinski definition) is 1. The molecule has 0 aliphatic heterocycles. The van der Waals surface area contributed by atoms with Crippen LogP contribution in [0, 0.1) is 17.1 Å². The van der Waals surface area contributed by atoms with Gasteiger partial charge in [-0.2, -0.15) is 5.26 Å². The summed E-state index contributed by atoms with van der Waals surface area (Å²) in [6, 6.07) is 11.8. The zero-order valence-corrected chi connectivity index (χ0v) is 14.1. The van der Waals surface area contributed by atoms with E-state index in [2.05, 4.69) is 4.72 Å². The maximum absolute atomic E-state index is 14.0. The lowest BCUT2D eigenvalue weighted by Gasteiger charge is -2.18. The van der Waals surface area contributed by atoms with Gasteiger partial charge in [-0.25, -0.2) is 17.5 Å². The summed E-state index contributed by atoms with van der Waals surface area (Å²) in [5.74, 6) is -0.573. The van der Waals surface area contributed by atoms with E-state index in [0.29, 0.717) is 11.1 Å². The molecule has 2 rings (SSSR count). The zero-order valence-electron chi connectivity index (χ0n) is 13.3. The van der Waals surface area contributed by atoms with E-state index in [1.807, 2.05) is 6.07 Å². The first-order chi connectivity index (χ1) is 11.4.